The van der Waals surface area contributed by atoms with E-state index in [1.807, 2.05) is 60.7 Å². The third-order valence-electron chi connectivity index (χ3n) is 7.52. The highest BCUT2D eigenvalue weighted by Gasteiger charge is 2.32. The molecule has 11 heteroatoms. The molecule has 2 N–H and O–H groups in total. The predicted octanol–water partition coefficient (Wildman–Crippen LogP) is 9.66. The van der Waals surface area contributed by atoms with Crippen molar-refractivity contribution in [1.82, 2.24) is 0 Å². The largest absolute Gasteiger partial charge is 0.508 e. The molecule has 4 aromatic rings. The molecule has 4 aromatic carbocycles. The van der Waals surface area contributed by atoms with Crippen LogP contribution in [0.15, 0.2) is 107 Å². The first-order chi connectivity index (χ1) is 23.3. The zero-order valence-corrected chi connectivity index (χ0v) is 30.5. The molecule has 0 saturated heterocycles. The monoisotopic (exact) mass is 696 g/mol. The number of rotatable bonds is 17. The molecule has 0 aromatic heterocycles. The van der Waals surface area contributed by atoms with E-state index in [9.17, 15) is 14.7 Å². The molecule has 0 aliphatic carbocycles. The van der Waals surface area contributed by atoms with Gasteiger partial charge in [-0.25, -0.2) is 0 Å². The van der Waals surface area contributed by atoms with Crippen molar-refractivity contribution in [2.45, 2.75) is 64.0 Å². The molecule has 0 aliphatic rings. The molecule has 4 rings (SSSR count). The number of hydrogen-bond acceptors (Lipinski definition) is 8. The zero-order valence-electron chi connectivity index (χ0n) is 28.5. The van der Waals surface area contributed by atoms with Crippen molar-refractivity contribution in [3.8, 4) is 23.0 Å². The van der Waals surface area contributed by atoms with Gasteiger partial charge in [0.1, 0.15) is 23.0 Å². The van der Waals surface area contributed by atoms with Gasteiger partial charge in [-0.1, -0.05) is 0 Å². The number of phenols is 1. The number of carboxylic acids is 1. The summed E-state index contributed by atoms with van der Waals surface area (Å²) in [6, 6.07) is 30.6. The van der Waals surface area contributed by atoms with E-state index in [-0.39, 0.29) is 18.1 Å². The van der Waals surface area contributed by atoms with E-state index in [2.05, 4.69) is 36.2 Å². The fourth-order valence-electron chi connectivity index (χ4n) is 5.17. The number of carbonyl (C=O) groups is 2. The Morgan fingerprint density at radius 1 is 0.633 bits per heavy atom. The Balaban J connectivity index is 1.18. The molecule has 0 fully saturated rings. The van der Waals surface area contributed by atoms with Crippen LogP contribution in [-0.4, -0.2) is 51.2 Å². The highest BCUT2D eigenvalue weighted by Crippen LogP contribution is 2.27. The third-order valence-corrected chi connectivity index (χ3v) is 15.1. The van der Waals surface area contributed by atoms with Gasteiger partial charge in [-0.05, 0) is 159 Å². The number of hydrogen-bond donors (Lipinski definition) is 2. The lowest BCUT2D eigenvalue weighted by Gasteiger charge is -2.34. The molecule has 49 heavy (non-hydrogen) atoms. The molecule has 0 atom stereocenters. The first-order valence-electron chi connectivity index (χ1n) is 16.3. The van der Waals surface area contributed by atoms with Crippen molar-refractivity contribution in [2.24, 2.45) is 9.98 Å². The number of ether oxygens (including phenoxy) is 2. The van der Waals surface area contributed by atoms with Crippen LogP contribution in [0, 0.1) is 0 Å². The van der Waals surface area contributed by atoms with Crippen LogP contribution in [0.1, 0.15) is 36.8 Å². The minimum absolute atomic E-state index is 0.172. The minimum Gasteiger partial charge on any atom is -0.508 e. The summed E-state index contributed by atoms with van der Waals surface area (Å²) in [5.41, 5.74) is 3.32. The number of carboxylic acid groups (broad SMARTS) is 1. The van der Waals surface area contributed by atoms with Gasteiger partial charge in [-0.15, -0.1) is 0 Å². The zero-order chi connectivity index (χ0) is 35.3. The fourth-order valence-corrected chi connectivity index (χ4v) is 14.0. The third kappa shape index (κ3) is 13.7. The lowest BCUT2D eigenvalue weighted by atomic mass is 10.2. The van der Waals surface area contributed by atoms with Crippen molar-refractivity contribution in [3.05, 3.63) is 108 Å². The topological polar surface area (TPSA) is 127 Å². The fraction of sp³-hybridized carbons (Fsp3) is 0.263. The van der Waals surface area contributed by atoms with Crippen molar-refractivity contribution < 1.29 is 33.4 Å². The highest BCUT2D eigenvalue weighted by atomic mass is 28.4. The second-order valence-electron chi connectivity index (χ2n) is 13.0. The first-order valence-corrected chi connectivity index (χ1v) is 22.6. The average molecular weight is 697 g/mol. The Morgan fingerprint density at radius 2 is 1.06 bits per heavy atom. The summed E-state index contributed by atoms with van der Waals surface area (Å²) in [5, 5.41) is 18.3. The van der Waals surface area contributed by atoms with E-state index in [1.165, 1.54) is 0 Å². The maximum Gasteiger partial charge on any atom is 0.311 e. The molecule has 0 bridgehead atoms. The number of esters is 1. The molecular weight excluding hydrogens is 653 g/mol. The molecule has 0 spiro atoms. The summed E-state index contributed by atoms with van der Waals surface area (Å²) in [7, 11) is -3.93. The Hall–Kier alpha value is -4.85. The maximum atomic E-state index is 12.5. The molecule has 256 valence electrons. The first kappa shape index (κ1) is 37.0. The second-order valence-corrected chi connectivity index (χ2v) is 21.8. The average Bonchev–Trinajstić information content (AvgIpc) is 3.04. The van der Waals surface area contributed by atoms with Crippen molar-refractivity contribution in [1.29, 1.82) is 0 Å². The molecule has 0 amide bonds. The van der Waals surface area contributed by atoms with Crippen molar-refractivity contribution in [3.63, 3.8) is 0 Å². The lowest BCUT2D eigenvalue weighted by Crippen LogP contribution is -2.44. The van der Waals surface area contributed by atoms with E-state index in [1.54, 1.807) is 48.8 Å². The quantitative estimate of drug-likeness (QED) is 0.0487. The number of phenolic OH excluding ortho intramolecular Hbond substituents is 1. The minimum atomic E-state index is -1.98. The number of carbonyl (C=O) groups excluding carboxylic acids is 1. The highest BCUT2D eigenvalue weighted by molar-refractivity contribution is 6.84. The van der Waals surface area contributed by atoms with E-state index < -0.39 is 22.6 Å². The van der Waals surface area contributed by atoms with Crippen molar-refractivity contribution in [2.75, 3.05) is 0 Å². The van der Waals surface area contributed by atoms with Crippen LogP contribution in [0.25, 0.3) is 0 Å². The summed E-state index contributed by atoms with van der Waals surface area (Å²) < 4.78 is 18.0. The van der Waals surface area contributed by atoms with Crippen LogP contribution in [0.4, 0.5) is 11.4 Å². The summed E-state index contributed by atoms with van der Waals surface area (Å²) in [6.45, 7) is 8.60. The van der Waals surface area contributed by atoms with Gasteiger partial charge < -0.3 is 23.8 Å². The van der Waals surface area contributed by atoms with Crippen molar-refractivity contribution >= 4 is 52.4 Å². The molecule has 9 nitrogen and oxygen atoms in total. The maximum absolute atomic E-state index is 12.5. The van der Waals surface area contributed by atoms with Crippen LogP contribution in [0.2, 0.25) is 38.3 Å². The van der Waals surface area contributed by atoms with E-state index in [0.717, 1.165) is 34.6 Å². The summed E-state index contributed by atoms with van der Waals surface area (Å²) in [4.78, 5) is 32.3. The number of aliphatic carboxylic acids is 1. The molecule has 0 aliphatic heterocycles. The molecule has 0 radical (unpaired) electrons. The van der Waals surface area contributed by atoms with E-state index >= 15 is 0 Å². The van der Waals surface area contributed by atoms with Gasteiger partial charge in [-0.3, -0.25) is 19.6 Å². The normalized spacial score (nSPS) is 12.0. The van der Waals surface area contributed by atoms with Gasteiger partial charge in [0.15, 0.2) is 16.6 Å². The van der Waals surface area contributed by atoms with Gasteiger partial charge >= 0.3 is 11.9 Å². The van der Waals surface area contributed by atoms with E-state index in [0.29, 0.717) is 36.5 Å². The van der Waals surface area contributed by atoms with E-state index in [4.69, 9.17) is 18.7 Å². The van der Waals surface area contributed by atoms with Gasteiger partial charge in [-0.2, -0.15) is 0 Å². The standard InChI is InChI=1S/C38H44N2O7Si2/c1-48(2,25-5-7-37(42)43)47-49(3,4)26-6-8-38(44)46-36-19-11-30(12-20-36)28-40-32-15-23-35(24-16-32)45-34-21-13-31(14-22-34)39-27-29-9-17-33(41)18-10-29/h9-24,27-28,41H,5-8,25-26H2,1-4H3,(H,42,43). The Kier molecular flexibility index (Phi) is 13.2. The van der Waals surface area contributed by atoms with Crippen LogP contribution in [0.3, 0.4) is 0 Å². The molecule has 0 saturated carbocycles. The van der Waals surface area contributed by atoms with Gasteiger partial charge in [0.2, 0.25) is 0 Å². The number of benzene rings is 4. The number of aromatic hydroxyl groups is 1. The number of nitrogens with zero attached hydrogens (tertiary/aromatic N) is 2. The van der Waals surface area contributed by atoms with Crippen LogP contribution >= 0.6 is 0 Å². The van der Waals surface area contributed by atoms with Crippen LogP contribution in [0.5, 0.6) is 23.0 Å². The Morgan fingerprint density at radius 3 is 1.53 bits per heavy atom. The second kappa shape index (κ2) is 17.5. The lowest BCUT2D eigenvalue weighted by molar-refractivity contribution is -0.137. The van der Waals surface area contributed by atoms with Gasteiger partial charge in [0.25, 0.3) is 0 Å². The van der Waals surface area contributed by atoms with Gasteiger partial charge in [0.05, 0.1) is 11.4 Å². The van der Waals surface area contributed by atoms with Gasteiger partial charge in [0, 0.05) is 25.3 Å². The SMILES string of the molecule is C[Si](C)(CCCC(=O)O)O[Si](C)(C)CCCC(=O)Oc1ccc(C=Nc2ccc(Oc3ccc(N=Cc4ccc(O)cc4)cc3)cc2)cc1. The summed E-state index contributed by atoms with van der Waals surface area (Å²) in [6.07, 6.45) is 5.30. The Labute approximate surface area is 290 Å². The molecule has 0 heterocycles. The summed E-state index contributed by atoms with van der Waals surface area (Å²) in [5.74, 6) is 1.03. The molecule has 0 unspecified atom stereocenters. The summed E-state index contributed by atoms with van der Waals surface area (Å²) >= 11 is 0. The smallest absolute Gasteiger partial charge is 0.311 e. The Bertz CT molecular complexity index is 1720. The molecular formula is C38H44N2O7Si2. The van der Waals surface area contributed by atoms with Crippen LogP contribution in [-0.2, 0) is 13.7 Å². The predicted molar refractivity (Wildman–Crippen MR) is 199 cm³/mol. The number of aliphatic imine (C=N–C) groups is 2. The van der Waals surface area contributed by atoms with Crippen LogP contribution < -0.4 is 9.47 Å².